The Morgan fingerprint density at radius 3 is 2.80 bits per heavy atom. The molecule has 2 aromatic rings. The van der Waals surface area contributed by atoms with Gasteiger partial charge in [0.05, 0.1) is 12.0 Å². The molecule has 0 saturated carbocycles. The summed E-state index contributed by atoms with van der Waals surface area (Å²) in [6.45, 7) is 0. The molecular weight excluding hydrogens is 325 g/mol. The zero-order valence-corrected chi connectivity index (χ0v) is 11.8. The van der Waals surface area contributed by atoms with Crippen molar-refractivity contribution in [2.75, 3.05) is 5.32 Å². The van der Waals surface area contributed by atoms with Gasteiger partial charge in [-0.3, -0.25) is 9.59 Å². The van der Waals surface area contributed by atoms with Crippen molar-refractivity contribution in [3.8, 4) is 0 Å². The van der Waals surface area contributed by atoms with E-state index < -0.39 is 11.6 Å². The van der Waals surface area contributed by atoms with Crippen molar-refractivity contribution in [3.63, 3.8) is 0 Å². The highest BCUT2D eigenvalue weighted by Gasteiger charge is 2.22. The van der Waals surface area contributed by atoms with Crippen LogP contribution in [0.15, 0.2) is 40.9 Å². The fourth-order valence-electron chi connectivity index (χ4n) is 2.23. The van der Waals surface area contributed by atoms with Crippen molar-refractivity contribution < 1.29 is 14.0 Å². The van der Waals surface area contributed by atoms with Gasteiger partial charge >= 0.3 is 0 Å². The zero-order chi connectivity index (χ0) is 14.3. The van der Waals surface area contributed by atoms with Crippen LogP contribution in [0.5, 0.6) is 0 Å². The number of rotatable bonds is 2. The molecule has 0 spiro atoms. The van der Waals surface area contributed by atoms with Gasteiger partial charge in [0.25, 0.3) is 0 Å². The van der Waals surface area contributed by atoms with Gasteiger partial charge in [0, 0.05) is 15.7 Å². The minimum absolute atomic E-state index is 0.00438. The molecule has 0 radical (unpaired) electrons. The van der Waals surface area contributed by atoms with Gasteiger partial charge in [-0.15, -0.1) is 0 Å². The summed E-state index contributed by atoms with van der Waals surface area (Å²) in [6, 6.07) is 9.29. The first-order valence-corrected chi connectivity index (χ1v) is 6.77. The molecule has 3 rings (SSSR count). The van der Waals surface area contributed by atoms with E-state index in [9.17, 15) is 14.0 Å². The van der Waals surface area contributed by atoms with Crippen molar-refractivity contribution in [1.82, 2.24) is 0 Å². The monoisotopic (exact) mass is 333 g/mol. The third-order valence-corrected chi connectivity index (χ3v) is 3.84. The number of hydrogen-bond donors (Lipinski definition) is 1. The van der Waals surface area contributed by atoms with Crippen LogP contribution in [-0.2, 0) is 11.2 Å². The van der Waals surface area contributed by atoms with Crippen LogP contribution in [0.1, 0.15) is 21.5 Å². The summed E-state index contributed by atoms with van der Waals surface area (Å²) in [5, 5.41) is 2.69. The lowest BCUT2D eigenvalue weighted by atomic mass is 10.00. The number of fused-ring (bicyclic) bond motifs is 1. The Kier molecular flexibility index (Phi) is 3.14. The number of carbonyl (C=O) groups excluding carboxylic acids is 2. The van der Waals surface area contributed by atoms with Crippen molar-refractivity contribution in [2.45, 2.75) is 6.42 Å². The van der Waals surface area contributed by atoms with Gasteiger partial charge in [-0.05, 0) is 51.8 Å². The number of hydrogen-bond acceptors (Lipinski definition) is 2. The normalized spacial score (nSPS) is 13.0. The zero-order valence-electron chi connectivity index (χ0n) is 10.2. The summed E-state index contributed by atoms with van der Waals surface area (Å²) < 4.78 is 14.2. The van der Waals surface area contributed by atoms with E-state index in [2.05, 4.69) is 21.2 Å². The fraction of sp³-hybridized carbons (Fsp3) is 0.0667. The first kappa shape index (κ1) is 13.0. The Bertz CT molecular complexity index is 722. The number of carbonyl (C=O) groups is 2. The number of halogens is 2. The molecule has 100 valence electrons. The molecule has 1 aliphatic rings. The Labute approximate surface area is 122 Å². The SMILES string of the molecule is O=C1Cc2cc(C(=O)c3c(F)cccc3Br)ccc2N1. The molecule has 5 heteroatoms. The average Bonchev–Trinajstić information content (AvgIpc) is 2.77. The highest BCUT2D eigenvalue weighted by atomic mass is 79.9. The lowest BCUT2D eigenvalue weighted by Crippen LogP contribution is -2.05. The third kappa shape index (κ3) is 2.14. The van der Waals surface area contributed by atoms with Crippen LogP contribution in [0.3, 0.4) is 0 Å². The van der Waals surface area contributed by atoms with E-state index in [1.54, 1.807) is 24.3 Å². The van der Waals surface area contributed by atoms with Crippen molar-refractivity contribution in [3.05, 3.63) is 63.4 Å². The highest BCUT2D eigenvalue weighted by molar-refractivity contribution is 9.10. The molecule has 0 atom stereocenters. The average molecular weight is 334 g/mol. The maximum absolute atomic E-state index is 13.8. The lowest BCUT2D eigenvalue weighted by molar-refractivity contribution is -0.115. The van der Waals surface area contributed by atoms with Crippen LogP contribution in [0.25, 0.3) is 0 Å². The summed E-state index contributed by atoms with van der Waals surface area (Å²) in [5.74, 6) is -1.08. The number of nitrogens with one attached hydrogen (secondary N) is 1. The first-order chi connectivity index (χ1) is 9.56. The number of benzene rings is 2. The largest absolute Gasteiger partial charge is 0.326 e. The molecule has 2 aromatic carbocycles. The molecule has 3 nitrogen and oxygen atoms in total. The van der Waals surface area contributed by atoms with E-state index in [4.69, 9.17) is 0 Å². The smallest absolute Gasteiger partial charge is 0.228 e. The van der Waals surface area contributed by atoms with Gasteiger partial charge in [-0.25, -0.2) is 4.39 Å². The molecule has 20 heavy (non-hydrogen) atoms. The Hall–Kier alpha value is -2.01. The fourth-order valence-corrected chi connectivity index (χ4v) is 2.75. The van der Waals surface area contributed by atoms with Crippen LogP contribution in [0, 0.1) is 5.82 Å². The van der Waals surface area contributed by atoms with Crippen LogP contribution < -0.4 is 5.32 Å². The molecule has 0 fully saturated rings. The molecular formula is C15H9BrFNO2. The van der Waals surface area contributed by atoms with E-state index >= 15 is 0 Å². The minimum Gasteiger partial charge on any atom is -0.326 e. The Morgan fingerprint density at radius 2 is 2.05 bits per heavy atom. The predicted octanol–water partition coefficient (Wildman–Crippen LogP) is 3.31. The van der Waals surface area contributed by atoms with Crippen molar-refractivity contribution in [2.24, 2.45) is 0 Å². The summed E-state index contributed by atoms with van der Waals surface area (Å²) >= 11 is 3.19. The second kappa shape index (κ2) is 4.83. The second-order valence-electron chi connectivity index (χ2n) is 4.52. The number of anilines is 1. The van der Waals surface area contributed by atoms with Gasteiger partial charge in [0.2, 0.25) is 5.91 Å². The van der Waals surface area contributed by atoms with Crippen LogP contribution in [0.2, 0.25) is 0 Å². The summed E-state index contributed by atoms with van der Waals surface area (Å²) in [6.07, 6.45) is 0.245. The Balaban J connectivity index is 2.04. The van der Waals surface area contributed by atoms with Crippen LogP contribution in [-0.4, -0.2) is 11.7 Å². The van der Waals surface area contributed by atoms with Crippen LogP contribution >= 0.6 is 15.9 Å². The molecule has 0 aliphatic carbocycles. The molecule has 0 aromatic heterocycles. The number of ketones is 1. The van der Waals surface area contributed by atoms with E-state index in [1.165, 1.54) is 12.1 Å². The lowest BCUT2D eigenvalue weighted by Gasteiger charge is -2.07. The van der Waals surface area contributed by atoms with E-state index in [-0.39, 0.29) is 17.9 Å². The first-order valence-electron chi connectivity index (χ1n) is 5.98. The van der Waals surface area contributed by atoms with Gasteiger partial charge in [0.15, 0.2) is 5.78 Å². The second-order valence-corrected chi connectivity index (χ2v) is 5.38. The molecule has 0 bridgehead atoms. The maximum atomic E-state index is 13.8. The van der Waals surface area contributed by atoms with E-state index in [0.717, 1.165) is 5.56 Å². The topological polar surface area (TPSA) is 46.2 Å². The van der Waals surface area contributed by atoms with E-state index in [1.807, 2.05) is 0 Å². The van der Waals surface area contributed by atoms with Crippen molar-refractivity contribution in [1.29, 1.82) is 0 Å². The van der Waals surface area contributed by atoms with E-state index in [0.29, 0.717) is 15.7 Å². The quantitative estimate of drug-likeness (QED) is 0.857. The van der Waals surface area contributed by atoms with Crippen molar-refractivity contribution >= 4 is 33.3 Å². The summed E-state index contributed by atoms with van der Waals surface area (Å²) in [7, 11) is 0. The maximum Gasteiger partial charge on any atom is 0.228 e. The van der Waals surface area contributed by atoms with Gasteiger partial charge in [0.1, 0.15) is 5.82 Å². The molecule has 1 aliphatic heterocycles. The molecule has 0 unspecified atom stereocenters. The summed E-state index contributed by atoms with van der Waals surface area (Å²) in [5.41, 5.74) is 1.84. The summed E-state index contributed by atoms with van der Waals surface area (Å²) in [4.78, 5) is 23.7. The molecule has 1 N–H and O–H groups in total. The number of amides is 1. The van der Waals surface area contributed by atoms with Gasteiger partial charge in [-0.1, -0.05) is 6.07 Å². The Morgan fingerprint density at radius 1 is 1.25 bits per heavy atom. The minimum atomic E-state index is -0.570. The van der Waals surface area contributed by atoms with Crippen LogP contribution in [0.4, 0.5) is 10.1 Å². The molecule has 0 saturated heterocycles. The third-order valence-electron chi connectivity index (χ3n) is 3.18. The predicted molar refractivity (Wildman–Crippen MR) is 76.3 cm³/mol. The molecule has 1 heterocycles. The highest BCUT2D eigenvalue weighted by Crippen LogP contribution is 2.27. The molecule has 1 amide bonds. The standard InChI is InChI=1S/C15H9BrFNO2/c16-10-2-1-3-11(17)14(10)15(20)8-4-5-12-9(6-8)7-13(19)18-12/h1-6H,7H2,(H,18,19). The van der Waals surface area contributed by atoms with Gasteiger partial charge in [-0.2, -0.15) is 0 Å². The van der Waals surface area contributed by atoms with Gasteiger partial charge < -0.3 is 5.32 Å².